The summed E-state index contributed by atoms with van der Waals surface area (Å²) in [5.74, 6) is 0.00657. The summed E-state index contributed by atoms with van der Waals surface area (Å²) in [5.41, 5.74) is 0.415. The van der Waals surface area contributed by atoms with E-state index in [1.165, 1.54) is 16.3 Å². The molecule has 0 aliphatic rings. The number of hydrogen-bond acceptors (Lipinski definition) is 4. The number of rotatable bonds is 7. The van der Waals surface area contributed by atoms with Gasteiger partial charge in [0.25, 0.3) is 5.56 Å². The molecule has 1 heterocycles. The van der Waals surface area contributed by atoms with E-state index >= 15 is 0 Å². The third kappa shape index (κ3) is 6.37. The van der Waals surface area contributed by atoms with E-state index in [1.54, 1.807) is 13.1 Å². The molecular formula is C17H29N3O2S. The highest BCUT2D eigenvalue weighted by Gasteiger charge is 2.25. The molecule has 130 valence electrons. The SMILES string of the molecule is CCCCC(Sc1nc(CC)cc(=O)n1C)C(=O)NC(C)(C)C. The number of amides is 1. The second-order valence-corrected chi connectivity index (χ2v) is 7.94. The number of aryl methyl sites for hydroxylation is 1. The van der Waals surface area contributed by atoms with E-state index in [1.807, 2.05) is 27.7 Å². The van der Waals surface area contributed by atoms with E-state index in [9.17, 15) is 9.59 Å². The molecule has 1 N–H and O–H groups in total. The summed E-state index contributed by atoms with van der Waals surface area (Å²) < 4.78 is 1.52. The molecule has 6 heteroatoms. The maximum Gasteiger partial charge on any atom is 0.254 e. The Labute approximate surface area is 143 Å². The van der Waals surface area contributed by atoms with Gasteiger partial charge in [-0.25, -0.2) is 4.98 Å². The Morgan fingerprint density at radius 1 is 1.39 bits per heavy atom. The Balaban J connectivity index is 3.03. The average molecular weight is 340 g/mol. The largest absolute Gasteiger partial charge is 0.351 e. The Kier molecular flexibility index (Phi) is 7.32. The molecule has 1 aromatic heterocycles. The third-order valence-corrected chi connectivity index (χ3v) is 4.68. The van der Waals surface area contributed by atoms with Crippen molar-refractivity contribution in [2.24, 2.45) is 7.05 Å². The van der Waals surface area contributed by atoms with Gasteiger partial charge in [-0.15, -0.1) is 0 Å². The van der Waals surface area contributed by atoms with E-state index in [0.29, 0.717) is 11.6 Å². The molecule has 0 bridgehead atoms. The van der Waals surface area contributed by atoms with E-state index < -0.39 is 0 Å². The lowest BCUT2D eigenvalue weighted by Gasteiger charge is -2.25. The maximum absolute atomic E-state index is 12.6. The molecule has 0 aliphatic carbocycles. The van der Waals surface area contributed by atoms with Crippen LogP contribution in [-0.4, -0.2) is 26.2 Å². The van der Waals surface area contributed by atoms with Crippen molar-refractivity contribution in [1.82, 2.24) is 14.9 Å². The summed E-state index contributed by atoms with van der Waals surface area (Å²) in [6.45, 7) is 9.99. The van der Waals surface area contributed by atoms with E-state index in [2.05, 4.69) is 17.2 Å². The Bertz CT molecular complexity index is 590. The van der Waals surface area contributed by atoms with Gasteiger partial charge in [0.15, 0.2) is 5.16 Å². The number of unbranched alkanes of at least 4 members (excludes halogenated alkanes) is 1. The molecule has 1 amide bonds. The van der Waals surface area contributed by atoms with Crippen molar-refractivity contribution in [3.05, 3.63) is 22.1 Å². The number of carbonyl (C=O) groups is 1. The first-order valence-corrected chi connectivity index (χ1v) is 9.11. The quantitative estimate of drug-likeness (QED) is 0.613. The first-order chi connectivity index (χ1) is 10.7. The lowest BCUT2D eigenvalue weighted by molar-refractivity contribution is -0.122. The Morgan fingerprint density at radius 3 is 2.57 bits per heavy atom. The van der Waals surface area contributed by atoms with Gasteiger partial charge in [0.05, 0.1) is 5.25 Å². The number of nitrogens with one attached hydrogen (secondary N) is 1. The molecule has 1 unspecified atom stereocenters. The molecule has 0 saturated heterocycles. The fourth-order valence-electron chi connectivity index (χ4n) is 2.06. The Morgan fingerprint density at radius 2 is 2.04 bits per heavy atom. The molecule has 0 aliphatic heterocycles. The maximum atomic E-state index is 12.6. The van der Waals surface area contributed by atoms with Gasteiger partial charge in [0.2, 0.25) is 5.91 Å². The lowest BCUT2D eigenvalue weighted by atomic mass is 10.1. The van der Waals surface area contributed by atoms with Crippen LogP contribution in [0, 0.1) is 0 Å². The predicted octanol–water partition coefficient (Wildman–Crippen LogP) is 2.91. The van der Waals surface area contributed by atoms with Crippen molar-refractivity contribution in [3.63, 3.8) is 0 Å². The molecule has 1 aromatic rings. The van der Waals surface area contributed by atoms with Gasteiger partial charge >= 0.3 is 0 Å². The van der Waals surface area contributed by atoms with Gasteiger partial charge in [0.1, 0.15) is 0 Å². The van der Waals surface area contributed by atoms with Crippen LogP contribution >= 0.6 is 11.8 Å². The highest BCUT2D eigenvalue weighted by atomic mass is 32.2. The first kappa shape index (κ1) is 19.7. The summed E-state index contributed by atoms with van der Waals surface area (Å²) in [4.78, 5) is 29.1. The van der Waals surface area contributed by atoms with Crippen LogP contribution in [0.15, 0.2) is 16.0 Å². The molecule has 0 fully saturated rings. The number of carbonyl (C=O) groups excluding carboxylic acids is 1. The Hall–Kier alpha value is -1.30. The predicted molar refractivity (Wildman–Crippen MR) is 95.9 cm³/mol. The fraction of sp³-hybridized carbons (Fsp3) is 0.706. The molecule has 0 spiro atoms. The zero-order valence-corrected chi connectivity index (χ0v) is 15.9. The van der Waals surface area contributed by atoms with Crippen LogP contribution in [0.1, 0.15) is 59.6 Å². The lowest BCUT2D eigenvalue weighted by Crippen LogP contribution is -2.45. The summed E-state index contributed by atoms with van der Waals surface area (Å²) in [6.07, 6.45) is 3.48. The van der Waals surface area contributed by atoms with Crippen molar-refractivity contribution < 1.29 is 4.79 Å². The van der Waals surface area contributed by atoms with Crippen molar-refractivity contribution in [2.45, 2.75) is 76.2 Å². The third-order valence-electron chi connectivity index (χ3n) is 3.37. The fourth-order valence-corrected chi connectivity index (χ4v) is 3.18. The van der Waals surface area contributed by atoms with Gasteiger partial charge in [-0.05, 0) is 33.6 Å². The molecule has 5 nitrogen and oxygen atoms in total. The molecule has 1 rings (SSSR count). The van der Waals surface area contributed by atoms with Crippen molar-refractivity contribution >= 4 is 17.7 Å². The second-order valence-electron chi connectivity index (χ2n) is 6.77. The number of nitrogens with zero attached hydrogens (tertiary/aromatic N) is 2. The zero-order valence-electron chi connectivity index (χ0n) is 15.1. The van der Waals surface area contributed by atoms with Crippen LogP contribution in [0.2, 0.25) is 0 Å². The summed E-state index contributed by atoms with van der Waals surface area (Å²) in [5, 5.41) is 3.41. The highest BCUT2D eigenvalue weighted by molar-refractivity contribution is 8.00. The molecule has 0 saturated carbocycles. The van der Waals surface area contributed by atoms with Crippen LogP contribution in [0.3, 0.4) is 0 Å². The van der Waals surface area contributed by atoms with E-state index in [0.717, 1.165) is 25.0 Å². The number of thioether (sulfide) groups is 1. The minimum absolute atomic E-state index is 0.00657. The number of aromatic nitrogens is 2. The summed E-state index contributed by atoms with van der Waals surface area (Å²) in [7, 11) is 1.70. The number of hydrogen-bond donors (Lipinski definition) is 1. The summed E-state index contributed by atoms with van der Waals surface area (Å²) >= 11 is 1.39. The standard InChI is InChI=1S/C17H29N3O2S/c1-7-9-10-13(15(22)19-17(3,4)5)23-16-18-12(8-2)11-14(21)20(16)6/h11,13H,7-10H2,1-6H3,(H,19,22). The topological polar surface area (TPSA) is 64.0 Å². The van der Waals surface area contributed by atoms with Gasteiger partial charge in [-0.3, -0.25) is 14.2 Å². The monoisotopic (exact) mass is 339 g/mol. The summed E-state index contributed by atoms with van der Waals surface area (Å²) in [6, 6.07) is 1.56. The average Bonchev–Trinajstić information content (AvgIpc) is 2.45. The van der Waals surface area contributed by atoms with Crippen molar-refractivity contribution in [2.75, 3.05) is 0 Å². The van der Waals surface area contributed by atoms with Gasteiger partial charge in [-0.1, -0.05) is 38.5 Å². The van der Waals surface area contributed by atoms with Gasteiger partial charge in [0, 0.05) is 24.3 Å². The van der Waals surface area contributed by atoms with Crippen LogP contribution in [-0.2, 0) is 18.3 Å². The van der Waals surface area contributed by atoms with Crippen LogP contribution in [0.4, 0.5) is 0 Å². The molecule has 1 atom stereocenters. The molecule has 23 heavy (non-hydrogen) atoms. The van der Waals surface area contributed by atoms with Gasteiger partial charge in [-0.2, -0.15) is 0 Å². The van der Waals surface area contributed by atoms with Crippen LogP contribution < -0.4 is 10.9 Å². The van der Waals surface area contributed by atoms with Crippen LogP contribution in [0.25, 0.3) is 0 Å². The highest BCUT2D eigenvalue weighted by Crippen LogP contribution is 2.25. The minimum atomic E-state index is -0.271. The second kappa shape index (κ2) is 8.52. The van der Waals surface area contributed by atoms with Gasteiger partial charge < -0.3 is 5.32 Å². The van der Waals surface area contributed by atoms with Crippen molar-refractivity contribution in [1.29, 1.82) is 0 Å². The zero-order chi connectivity index (χ0) is 17.6. The molecule has 0 aromatic carbocycles. The smallest absolute Gasteiger partial charge is 0.254 e. The van der Waals surface area contributed by atoms with Crippen LogP contribution in [0.5, 0.6) is 0 Å². The molecular weight excluding hydrogens is 310 g/mol. The first-order valence-electron chi connectivity index (χ1n) is 8.23. The van der Waals surface area contributed by atoms with E-state index in [-0.39, 0.29) is 22.3 Å². The normalized spacial score (nSPS) is 13.0. The van der Waals surface area contributed by atoms with E-state index in [4.69, 9.17) is 0 Å². The molecule has 0 radical (unpaired) electrons. The minimum Gasteiger partial charge on any atom is -0.351 e. The van der Waals surface area contributed by atoms with Crippen molar-refractivity contribution in [3.8, 4) is 0 Å².